The SMILES string of the molecule is CC(CCCO)NC(=O)Cn1cc(Br)ccc1=O. The van der Waals surface area contributed by atoms with E-state index in [9.17, 15) is 9.59 Å². The lowest BCUT2D eigenvalue weighted by molar-refractivity contribution is -0.122. The summed E-state index contributed by atoms with van der Waals surface area (Å²) in [6.45, 7) is 1.99. The summed E-state index contributed by atoms with van der Waals surface area (Å²) >= 11 is 3.25. The molecule has 1 amide bonds. The number of aliphatic hydroxyl groups is 1. The van der Waals surface area contributed by atoms with E-state index in [1.165, 1.54) is 10.6 Å². The molecule has 5 nitrogen and oxygen atoms in total. The smallest absolute Gasteiger partial charge is 0.251 e. The van der Waals surface area contributed by atoms with Crippen LogP contribution in [-0.4, -0.2) is 28.2 Å². The van der Waals surface area contributed by atoms with Gasteiger partial charge in [0, 0.05) is 29.4 Å². The highest BCUT2D eigenvalue weighted by atomic mass is 79.9. The zero-order chi connectivity index (χ0) is 13.5. The molecule has 0 saturated carbocycles. The van der Waals surface area contributed by atoms with Crippen molar-refractivity contribution in [1.29, 1.82) is 0 Å². The summed E-state index contributed by atoms with van der Waals surface area (Å²) in [7, 11) is 0. The van der Waals surface area contributed by atoms with Crippen LogP contribution < -0.4 is 10.9 Å². The van der Waals surface area contributed by atoms with Crippen LogP contribution in [0, 0.1) is 0 Å². The Balaban J connectivity index is 2.54. The summed E-state index contributed by atoms with van der Waals surface area (Å²) < 4.78 is 2.10. The van der Waals surface area contributed by atoms with Crippen molar-refractivity contribution in [1.82, 2.24) is 9.88 Å². The molecular weight excluding hydrogens is 300 g/mol. The maximum atomic E-state index is 11.7. The van der Waals surface area contributed by atoms with E-state index in [4.69, 9.17) is 5.11 Å². The number of nitrogens with one attached hydrogen (secondary N) is 1. The van der Waals surface area contributed by atoms with Crippen molar-refractivity contribution in [2.45, 2.75) is 32.4 Å². The van der Waals surface area contributed by atoms with E-state index in [0.29, 0.717) is 6.42 Å². The van der Waals surface area contributed by atoms with Crippen LogP contribution in [-0.2, 0) is 11.3 Å². The van der Waals surface area contributed by atoms with Crippen LogP contribution >= 0.6 is 15.9 Å². The number of halogens is 1. The Morgan fingerprint density at radius 1 is 1.56 bits per heavy atom. The van der Waals surface area contributed by atoms with Gasteiger partial charge in [-0.1, -0.05) is 0 Å². The third-order valence-corrected chi connectivity index (χ3v) is 2.93. The zero-order valence-electron chi connectivity index (χ0n) is 10.2. The van der Waals surface area contributed by atoms with Gasteiger partial charge in [-0.25, -0.2) is 0 Å². The third-order valence-electron chi connectivity index (χ3n) is 2.46. The van der Waals surface area contributed by atoms with Crippen LogP contribution in [0.2, 0.25) is 0 Å². The highest BCUT2D eigenvalue weighted by molar-refractivity contribution is 9.10. The lowest BCUT2D eigenvalue weighted by Gasteiger charge is -2.13. The Hall–Kier alpha value is -1.14. The number of hydrogen-bond acceptors (Lipinski definition) is 3. The van der Waals surface area contributed by atoms with Gasteiger partial charge < -0.3 is 15.0 Å². The van der Waals surface area contributed by atoms with Gasteiger partial charge in [0.15, 0.2) is 0 Å². The monoisotopic (exact) mass is 316 g/mol. The molecule has 1 atom stereocenters. The number of aliphatic hydroxyl groups excluding tert-OH is 1. The van der Waals surface area contributed by atoms with Crippen molar-refractivity contribution in [3.05, 3.63) is 33.2 Å². The average Bonchev–Trinajstić information content (AvgIpc) is 2.31. The van der Waals surface area contributed by atoms with Crippen molar-refractivity contribution < 1.29 is 9.90 Å². The predicted octanol–water partition coefficient (Wildman–Crippen LogP) is 0.888. The van der Waals surface area contributed by atoms with Crippen LogP contribution in [0.4, 0.5) is 0 Å². The van der Waals surface area contributed by atoms with Gasteiger partial charge in [-0.15, -0.1) is 0 Å². The number of hydrogen-bond donors (Lipinski definition) is 2. The van der Waals surface area contributed by atoms with Crippen LogP contribution in [0.3, 0.4) is 0 Å². The second-order valence-corrected chi connectivity index (χ2v) is 5.06. The molecule has 0 aromatic carbocycles. The van der Waals surface area contributed by atoms with E-state index in [1.54, 1.807) is 12.3 Å². The Bertz CT molecular complexity index is 459. The summed E-state index contributed by atoms with van der Waals surface area (Å²) in [4.78, 5) is 23.2. The maximum absolute atomic E-state index is 11.7. The summed E-state index contributed by atoms with van der Waals surface area (Å²) in [6.07, 6.45) is 2.95. The first-order chi connectivity index (χ1) is 8.52. The lowest BCUT2D eigenvalue weighted by Crippen LogP contribution is -2.37. The minimum absolute atomic E-state index is 0.00172. The molecule has 0 aliphatic heterocycles. The Labute approximate surface area is 114 Å². The van der Waals surface area contributed by atoms with Crippen LogP contribution in [0.25, 0.3) is 0 Å². The number of carbonyl (C=O) groups is 1. The number of rotatable bonds is 6. The van der Waals surface area contributed by atoms with E-state index < -0.39 is 0 Å². The van der Waals surface area contributed by atoms with Gasteiger partial charge in [0.1, 0.15) is 6.54 Å². The molecule has 1 rings (SSSR count). The van der Waals surface area contributed by atoms with E-state index in [2.05, 4.69) is 21.2 Å². The van der Waals surface area contributed by atoms with Gasteiger partial charge in [-0.05, 0) is 41.8 Å². The maximum Gasteiger partial charge on any atom is 0.251 e. The summed E-state index contributed by atoms with van der Waals surface area (Å²) in [6, 6.07) is 3.04. The largest absolute Gasteiger partial charge is 0.396 e. The molecule has 1 aromatic rings. The molecule has 0 aliphatic carbocycles. The van der Waals surface area contributed by atoms with E-state index in [-0.39, 0.29) is 30.7 Å². The molecule has 1 aromatic heterocycles. The highest BCUT2D eigenvalue weighted by Gasteiger charge is 2.08. The zero-order valence-corrected chi connectivity index (χ0v) is 11.8. The van der Waals surface area contributed by atoms with Crippen molar-refractivity contribution in [2.24, 2.45) is 0 Å². The molecule has 0 bridgehead atoms. The van der Waals surface area contributed by atoms with Crippen LogP contribution in [0.15, 0.2) is 27.6 Å². The first-order valence-electron chi connectivity index (χ1n) is 5.79. The number of pyridine rings is 1. The molecule has 0 fully saturated rings. The normalized spacial score (nSPS) is 12.2. The molecule has 100 valence electrons. The van der Waals surface area contributed by atoms with E-state index >= 15 is 0 Å². The molecule has 0 saturated heterocycles. The van der Waals surface area contributed by atoms with Crippen molar-refractivity contribution >= 4 is 21.8 Å². The average molecular weight is 317 g/mol. The van der Waals surface area contributed by atoms with E-state index in [0.717, 1.165) is 10.9 Å². The summed E-state index contributed by atoms with van der Waals surface area (Å²) in [5.41, 5.74) is -0.212. The second-order valence-electron chi connectivity index (χ2n) is 4.15. The van der Waals surface area contributed by atoms with Gasteiger partial charge in [0.2, 0.25) is 5.91 Å². The van der Waals surface area contributed by atoms with Crippen LogP contribution in [0.1, 0.15) is 19.8 Å². The molecule has 0 spiro atoms. The number of amides is 1. The second kappa shape index (κ2) is 7.33. The van der Waals surface area contributed by atoms with Gasteiger partial charge in [-0.3, -0.25) is 9.59 Å². The van der Waals surface area contributed by atoms with Crippen LogP contribution in [0.5, 0.6) is 0 Å². The third kappa shape index (κ3) is 5.01. The number of nitrogens with zero attached hydrogens (tertiary/aromatic N) is 1. The number of aromatic nitrogens is 1. The predicted molar refractivity (Wildman–Crippen MR) is 72.3 cm³/mol. The Morgan fingerprint density at radius 2 is 2.28 bits per heavy atom. The highest BCUT2D eigenvalue weighted by Crippen LogP contribution is 2.04. The molecule has 0 radical (unpaired) electrons. The van der Waals surface area contributed by atoms with Crippen molar-refractivity contribution in [2.75, 3.05) is 6.61 Å². The molecular formula is C12H17BrN2O3. The van der Waals surface area contributed by atoms with Gasteiger partial charge in [0.25, 0.3) is 5.56 Å². The fourth-order valence-electron chi connectivity index (χ4n) is 1.57. The molecule has 6 heteroatoms. The van der Waals surface area contributed by atoms with Gasteiger partial charge in [-0.2, -0.15) is 0 Å². The summed E-state index contributed by atoms with van der Waals surface area (Å²) in [5, 5.41) is 11.5. The quantitative estimate of drug-likeness (QED) is 0.818. The molecule has 1 heterocycles. The van der Waals surface area contributed by atoms with Crippen molar-refractivity contribution in [3.63, 3.8) is 0 Å². The fraction of sp³-hybridized carbons (Fsp3) is 0.500. The minimum atomic E-state index is -0.212. The molecule has 18 heavy (non-hydrogen) atoms. The first-order valence-corrected chi connectivity index (χ1v) is 6.58. The molecule has 2 N–H and O–H groups in total. The van der Waals surface area contributed by atoms with Gasteiger partial charge >= 0.3 is 0 Å². The molecule has 1 unspecified atom stereocenters. The minimum Gasteiger partial charge on any atom is -0.396 e. The Kier molecular flexibility index (Phi) is 6.07. The number of carbonyl (C=O) groups excluding carboxylic acids is 1. The van der Waals surface area contributed by atoms with Crippen molar-refractivity contribution in [3.8, 4) is 0 Å². The van der Waals surface area contributed by atoms with E-state index in [1.807, 2.05) is 6.92 Å². The lowest BCUT2D eigenvalue weighted by atomic mass is 10.2. The van der Waals surface area contributed by atoms with Gasteiger partial charge in [0.05, 0.1) is 0 Å². The standard InChI is InChI=1S/C12H17BrN2O3/c1-9(3-2-6-16)14-11(17)8-15-7-10(13)4-5-12(15)18/h4-5,7,9,16H,2-3,6,8H2,1H3,(H,14,17). The topological polar surface area (TPSA) is 71.3 Å². The fourth-order valence-corrected chi connectivity index (χ4v) is 1.95. The molecule has 0 aliphatic rings. The Morgan fingerprint density at radius 3 is 2.94 bits per heavy atom. The first kappa shape index (κ1) is 14.9. The summed E-state index contributed by atoms with van der Waals surface area (Å²) in [5.74, 6) is -0.208.